The van der Waals surface area contributed by atoms with Crippen molar-refractivity contribution < 1.29 is 18.3 Å². The Kier molecular flexibility index (Phi) is 4.54. The first-order chi connectivity index (χ1) is 7.86. The highest BCUT2D eigenvalue weighted by Gasteiger charge is 2.31. The van der Waals surface area contributed by atoms with Gasteiger partial charge in [0.25, 0.3) is 0 Å². The standard InChI is InChI=1S/C12H16F3NO/c1-3-16-8(2)11(17)9-5-4-6-10(7-9)12(13,14)15/h4-8,11,16-17H,3H2,1-2H3. The van der Waals surface area contributed by atoms with Gasteiger partial charge in [0.1, 0.15) is 0 Å². The Labute approximate surface area is 98.5 Å². The molecule has 0 aliphatic rings. The van der Waals surface area contributed by atoms with Gasteiger partial charge in [-0.25, -0.2) is 0 Å². The lowest BCUT2D eigenvalue weighted by atomic mass is 10.0. The van der Waals surface area contributed by atoms with Crippen molar-refractivity contribution in [2.45, 2.75) is 32.2 Å². The van der Waals surface area contributed by atoms with E-state index in [2.05, 4.69) is 5.32 Å². The van der Waals surface area contributed by atoms with Gasteiger partial charge >= 0.3 is 6.18 Å². The predicted octanol–water partition coefficient (Wildman–Crippen LogP) is 2.74. The quantitative estimate of drug-likeness (QED) is 0.857. The summed E-state index contributed by atoms with van der Waals surface area (Å²) in [6.45, 7) is 4.25. The Morgan fingerprint density at radius 2 is 2.00 bits per heavy atom. The Morgan fingerprint density at radius 3 is 2.53 bits per heavy atom. The summed E-state index contributed by atoms with van der Waals surface area (Å²) in [6.07, 6.45) is -5.32. The summed E-state index contributed by atoms with van der Waals surface area (Å²) in [5, 5.41) is 12.9. The van der Waals surface area contributed by atoms with Gasteiger partial charge < -0.3 is 10.4 Å². The van der Waals surface area contributed by atoms with Gasteiger partial charge in [-0.2, -0.15) is 13.2 Å². The van der Waals surface area contributed by atoms with E-state index in [1.807, 2.05) is 6.92 Å². The van der Waals surface area contributed by atoms with Gasteiger partial charge in [0.2, 0.25) is 0 Å². The van der Waals surface area contributed by atoms with Gasteiger partial charge in [0.05, 0.1) is 11.7 Å². The molecule has 1 aromatic rings. The molecule has 0 radical (unpaired) electrons. The van der Waals surface area contributed by atoms with Crippen molar-refractivity contribution in [3.8, 4) is 0 Å². The summed E-state index contributed by atoms with van der Waals surface area (Å²) in [5.41, 5.74) is -0.467. The van der Waals surface area contributed by atoms with Crippen LogP contribution in [0.1, 0.15) is 31.1 Å². The summed E-state index contributed by atoms with van der Waals surface area (Å²) in [7, 11) is 0. The molecule has 0 aliphatic heterocycles. The third-order valence-corrected chi connectivity index (χ3v) is 2.56. The smallest absolute Gasteiger partial charge is 0.387 e. The zero-order valence-electron chi connectivity index (χ0n) is 9.75. The average Bonchev–Trinajstić information content (AvgIpc) is 2.27. The van der Waals surface area contributed by atoms with Crippen LogP contribution in [-0.2, 0) is 6.18 Å². The van der Waals surface area contributed by atoms with Crippen LogP contribution in [0.5, 0.6) is 0 Å². The van der Waals surface area contributed by atoms with Gasteiger partial charge in [0, 0.05) is 6.04 Å². The molecule has 2 nitrogen and oxygen atoms in total. The van der Waals surface area contributed by atoms with Crippen molar-refractivity contribution in [1.82, 2.24) is 5.32 Å². The molecule has 0 amide bonds. The molecular formula is C12H16F3NO. The molecule has 2 unspecified atom stereocenters. The zero-order valence-corrected chi connectivity index (χ0v) is 9.75. The largest absolute Gasteiger partial charge is 0.416 e. The van der Waals surface area contributed by atoms with Gasteiger partial charge in [-0.15, -0.1) is 0 Å². The molecule has 0 fully saturated rings. The summed E-state index contributed by atoms with van der Waals surface area (Å²) in [6, 6.07) is 4.49. The number of hydrogen-bond acceptors (Lipinski definition) is 2. The molecule has 0 heterocycles. The first kappa shape index (κ1) is 14.0. The molecule has 2 N–H and O–H groups in total. The van der Waals surface area contributed by atoms with Gasteiger partial charge in [0.15, 0.2) is 0 Å². The monoisotopic (exact) mass is 247 g/mol. The van der Waals surface area contributed by atoms with Crippen molar-refractivity contribution in [2.24, 2.45) is 0 Å². The lowest BCUT2D eigenvalue weighted by Crippen LogP contribution is -2.32. The number of rotatable bonds is 4. The predicted molar refractivity (Wildman–Crippen MR) is 59.5 cm³/mol. The Balaban J connectivity index is 2.92. The second-order valence-electron chi connectivity index (χ2n) is 3.91. The molecule has 0 saturated heterocycles. The van der Waals surface area contributed by atoms with Crippen LogP contribution in [0.3, 0.4) is 0 Å². The molecule has 17 heavy (non-hydrogen) atoms. The minimum atomic E-state index is -4.38. The number of halogens is 3. The van der Waals surface area contributed by atoms with Crippen molar-refractivity contribution in [2.75, 3.05) is 6.54 Å². The minimum absolute atomic E-state index is 0.272. The fraction of sp³-hybridized carbons (Fsp3) is 0.500. The number of aliphatic hydroxyl groups excluding tert-OH is 1. The molecule has 96 valence electrons. The fourth-order valence-corrected chi connectivity index (χ4v) is 1.62. The van der Waals surface area contributed by atoms with Crippen LogP contribution in [0, 0.1) is 0 Å². The van der Waals surface area contributed by atoms with Crippen molar-refractivity contribution in [3.05, 3.63) is 35.4 Å². The van der Waals surface area contributed by atoms with Gasteiger partial charge in [-0.1, -0.05) is 19.1 Å². The van der Waals surface area contributed by atoms with Crippen LogP contribution >= 0.6 is 0 Å². The molecule has 5 heteroatoms. The zero-order chi connectivity index (χ0) is 13.1. The van der Waals surface area contributed by atoms with E-state index in [4.69, 9.17) is 0 Å². The molecule has 1 rings (SSSR count). The Morgan fingerprint density at radius 1 is 1.35 bits per heavy atom. The molecule has 0 aromatic heterocycles. The molecule has 2 atom stereocenters. The normalized spacial score (nSPS) is 15.6. The molecule has 0 bridgehead atoms. The SMILES string of the molecule is CCNC(C)C(O)c1cccc(C(F)(F)F)c1. The fourth-order valence-electron chi connectivity index (χ4n) is 1.62. The van der Waals surface area contributed by atoms with E-state index in [-0.39, 0.29) is 11.6 Å². The summed E-state index contributed by atoms with van der Waals surface area (Å²) < 4.78 is 37.4. The molecule has 0 aliphatic carbocycles. The van der Waals surface area contributed by atoms with Crippen molar-refractivity contribution >= 4 is 0 Å². The lowest BCUT2D eigenvalue weighted by Gasteiger charge is -2.20. The topological polar surface area (TPSA) is 32.3 Å². The second kappa shape index (κ2) is 5.51. The number of benzene rings is 1. The maximum absolute atomic E-state index is 12.5. The third kappa shape index (κ3) is 3.71. The Bertz CT molecular complexity index is 365. The van der Waals surface area contributed by atoms with Crippen LogP contribution in [0.15, 0.2) is 24.3 Å². The highest BCUT2D eigenvalue weighted by Crippen LogP contribution is 2.31. The maximum atomic E-state index is 12.5. The van der Waals surface area contributed by atoms with Crippen molar-refractivity contribution in [3.63, 3.8) is 0 Å². The average molecular weight is 247 g/mol. The maximum Gasteiger partial charge on any atom is 0.416 e. The number of aliphatic hydroxyl groups is 1. The highest BCUT2D eigenvalue weighted by molar-refractivity contribution is 5.27. The van der Waals surface area contributed by atoms with E-state index in [0.29, 0.717) is 6.54 Å². The summed E-state index contributed by atoms with van der Waals surface area (Å²) >= 11 is 0. The summed E-state index contributed by atoms with van der Waals surface area (Å²) in [4.78, 5) is 0. The molecule has 0 saturated carbocycles. The third-order valence-electron chi connectivity index (χ3n) is 2.56. The van der Waals surface area contributed by atoms with E-state index in [1.54, 1.807) is 6.92 Å². The number of nitrogens with one attached hydrogen (secondary N) is 1. The van der Waals surface area contributed by atoms with Crippen LogP contribution in [-0.4, -0.2) is 17.7 Å². The van der Waals surface area contributed by atoms with Crippen LogP contribution in [0.4, 0.5) is 13.2 Å². The Hall–Kier alpha value is -1.07. The van der Waals surface area contributed by atoms with Crippen molar-refractivity contribution in [1.29, 1.82) is 0 Å². The molecule has 0 spiro atoms. The van der Waals surface area contributed by atoms with E-state index < -0.39 is 17.8 Å². The number of likely N-dealkylation sites (N-methyl/N-ethyl adjacent to an activating group) is 1. The summed E-state index contributed by atoms with van der Waals surface area (Å²) in [5.74, 6) is 0. The molecular weight excluding hydrogens is 231 g/mol. The first-order valence-electron chi connectivity index (χ1n) is 5.45. The van der Waals surface area contributed by atoms with E-state index in [9.17, 15) is 18.3 Å². The van der Waals surface area contributed by atoms with E-state index in [0.717, 1.165) is 12.1 Å². The minimum Gasteiger partial charge on any atom is -0.387 e. The van der Waals surface area contributed by atoms with Crippen LogP contribution in [0.25, 0.3) is 0 Å². The van der Waals surface area contributed by atoms with E-state index >= 15 is 0 Å². The van der Waals surface area contributed by atoms with E-state index in [1.165, 1.54) is 12.1 Å². The first-order valence-corrected chi connectivity index (χ1v) is 5.45. The van der Waals surface area contributed by atoms with Gasteiger partial charge in [-0.3, -0.25) is 0 Å². The molecule has 1 aromatic carbocycles. The second-order valence-corrected chi connectivity index (χ2v) is 3.91. The highest BCUT2D eigenvalue weighted by atomic mass is 19.4. The van der Waals surface area contributed by atoms with Crippen LogP contribution < -0.4 is 5.32 Å². The van der Waals surface area contributed by atoms with Gasteiger partial charge in [-0.05, 0) is 31.2 Å². The number of hydrogen-bond donors (Lipinski definition) is 2. The number of alkyl halides is 3. The van der Waals surface area contributed by atoms with Crippen LogP contribution in [0.2, 0.25) is 0 Å². The lowest BCUT2D eigenvalue weighted by molar-refractivity contribution is -0.137.